The summed E-state index contributed by atoms with van der Waals surface area (Å²) in [6.07, 6.45) is 0. The second-order valence-electron chi connectivity index (χ2n) is 15.6. The van der Waals surface area contributed by atoms with Crippen LogP contribution in [0.4, 0.5) is 0 Å². The molecule has 0 spiro atoms. The summed E-state index contributed by atoms with van der Waals surface area (Å²) >= 11 is 1.84. The molecule has 4 heterocycles. The molecule has 0 atom stereocenters. The second kappa shape index (κ2) is 14.9. The largest absolute Gasteiger partial charge is 0.231 e. The van der Waals surface area contributed by atoms with E-state index in [1.54, 1.807) is 0 Å². The zero-order valence-electron chi connectivity index (χ0n) is 33.5. The second-order valence-corrected chi connectivity index (χ2v) is 16.7. The minimum Gasteiger partial charge on any atom is -0.231 e. The molecule has 0 saturated heterocycles. The molecule has 5 heteroatoms. The van der Waals surface area contributed by atoms with Gasteiger partial charge in [0.25, 0.3) is 0 Å². The van der Waals surface area contributed by atoms with Crippen molar-refractivity contribution in [3.05, 3.63) is 218 Å². The molecule has 0 amide bonds. The lowest BCUT2D eigenvalue weighted by molar-refractivity contribution is 0.979. The van der Waals surface area contributed by atoms with Crippen LogP contribution in [0.3, 0.4) is 0 Å². The van der Waals surface area contributed by atoms with Crippen molar-refractivity contribution >= 4 is 47.8 Å². The van der Waals surface area contributed by atoms with Crippen LogP contribution in [0.15, 0.2) is 218 Å². The Morgan fingerprint density at radius 1 is 0.355 bits per heavy atom. The molecule has 4 aromatic heterocycles. The molecule has 290 valence electrons. The predicted octanol–water partition coefficient (Wildman–Crippen LogP) is 15.3. The molecule has 0 N–H and O–H groups in total. The van der Waals surface area contributed by atoms with Crippen molar-refractivity contribution in [2.75, 3.05) is 0 Å². The van der Waals surface area contributed by atoms with Crippen LogP contribution in [0.5, 0.6) is 0 Å². The van der Waals surface area contributed by atoms with Crippen LogP contribution in [-0.2, 0) is 0 Å². The highest BCUT2D eigenvalue weighted by Crippen LogP contribution is 2.42. The molecule has 0 saturated carbocycles. The summed E-state index contributed by atoms with van der Waals surface area (Å²) in [4.78, 5) is 10.5. The third kappa shape index (κ3) is 6.26. The summed E-state index contributed by atoms with van der Waals surface area (Å²) in [5.74, 6) is 0.678. The standard InChI is InChI=1S/C57H36N4S/c1-4-15-38(16-5-1)49-36-50(59-57(58-49)41-29-27-37(28-30-41)42-31-32-53-48(34-42)47-25-12-13-26-52(47)62-53)44-22-14-23-45(33-44)51-35-43-21-10-11-24-46(43)56-54(39-17-6-2-7-18-39)55(60-61(51)56)40-19-8-3-9-20-40/h1-36H. The molecule has 0 unspecified atom stereocenters. The number of aromatic nitrogens is 4. The van der Waals surface area contributed by atoms with E-state index < -0.39 is 0 Å². The monoisotopic (exact) mass is 808 g/mol. The first-order valence-corrected chi connectivity index (χ1v) is 21.7. The maximum atomic E-state index is 5.44. The van der Waals surface area contributed by atoms with E-state index in [1.165, 1.54) is 25.7 Å². The van der Waals surface area contributed by atoms with Gasteiger partial charge in [-0.3, -0.25) is 0 Å². The van der Waals surface area contributed by atoms with Crippen molar-refractivity contribution in [3.63, 3.8) is 0 Å². The van der Waals surface area contributed by atoms with Gasteiger partial charge in [0.1, 0.15) is 5.69 Å². The first kappa shape index (κ1) is 35.9. The summed E-state index contributed by atoms with van der Waals surface area (Å²) < 4.78 is 4.76. The number of fused-ring (bicyclic) bond motifs is 6. The Morgan fingerprint density at radius 3 is 1.71 bits per heavy atom. The molecule has 0 fully saturated rings. The van der Waals surface area contributed by atoms with Gasteiger partial charge in [-0.2, -0.15) is 5.10 Å². The Balaban J connectivity index is 0.995. The molecule has 8 aromatic carbocycles. The number of pyridine rings is 1. The van der Waals surface area contributed by atoms with Crippen LogP contribution in [0, 0.1) is 0 Å². The molecule has 62 heavy (non-hydrogen) atoms. The highest BCUT2D eigenvalue weighted by molar-refractivity contribution is 7.25. The van der Waals surface area contributed by atoms with Gasteiger partial charge in [0.05, 0.1) is 22.6 Å². The molecule has 0 aliphatic heterocycles. The molecule has 0 aliphatic carbocycles. The fourth-order valence-electron chi connectivity index (χ4n) is 8.81. The Kier molecular flexibility index (Phi) is 8.65. The smallest absolute Gasteiger partial charge is 0.160 e. The van der Waals surface area contributed by atoms with E-state index >= 15 is 0 Å². The van der Waals surface area contributed by atoms with E-state index in [9.17, 15) is 0 Å². The Morgan fingerprint density at radius 2 is 0.935 bits per heavy atom. The van der Waals surface area contributed by atoms with Crippen LogP contribution in [0.1, 0.15) is 0 Å². The zero-order valence-corrected chi connectivity index (χ0v) is 34.3. The molecule has 0 bridgehead atoms. The van der Waals surface area contributed by atoms with Crippen molar-refractivity contribution in [1.82, 2.24) is 19.6 Å². The molecule has 12 aromatic rings. The average molecular weight is 809 g/mol. The van der Waals surface area contributed by atoms with Gasteiger partial charge in [-0.25, -0.2) is 14.5 Å². The highest BCUT2D eigenvalue weighted by atomic mass is 32.1. The minimum absolute atomic E-state index is 0.678. The zero-order chi connectivity index (χ0) is 41.0. The van der Waals surface area contributed by atoms with E-state index in [1.807, 2.05) is 17.4 Å². The molecule has 0 radical (unpaired) electrons. The fraction of sp³-hybridized carbons (Fsp3) is 0. The molecule has 12 rings (SSSR count). The molecular weight excluding hydrogens is 773 g/mol. The number of hydrogen-bond donors (Lipinski definition) is 0. The summed E-state index contributed by atoms with van der Waals surface area (Å²) in [6, 6.07) is 77.3. The topological polar surface area (TPSA) is 43.1 Å². The van der Waals surface area contributed by atoms with Crippen molar-refractivity contribution in [2.24, 2.45) is 0 Å². The first-order chi connectivity index (χ1) is 30.7. The van der Waals surface area contributed by atoms with Crippen LogP contribution in [0.2, 0.25) is 0 Å². The summed E-state index contributed by atoms with van der Waals surface area (Å²) in [7, 11) is 0. The van der Waals surface area contributed by atoms with Crippen LogP contribution < -0.4 is 0 Å². The normalized spacial score (nSPS) is 11.5. The molecule has 4 nitrogen and oxygen atoms in total. The van der Waals surface area contributed by atoms with Gasteiger partial charge in [-0.15, -0.1) is 11.3 Å². The highest BCUT2D eigenvalue weighted by Gasteiger charge is 2.22. The van der Waals surface area contributed by atoms with Gasteiger partial charge < -0.3 is 0 Å². The fourth-order valence-corrected chi connectivity index (χ4v) is 9.89. The quantitative estimate of drug-likeness (QED) is 0.161. The number of benzene rings is 8. The first-order valence-electron chi connectivity index (χ1n) is 20.8. The predicted molar refractivity (Wildman–Crippen MR) is 259 cm³/mol. The molecular formula is C57H36N4S. The number of hydrogen-bond acceptors (Lipinski definition) is 4. The lowest BCUT2D eigenvalue weighted by Crippen LogP contribution is -1.98. The Hall–Kier alpha value is -7.99. The lowest BCUT2D eigenvalue weighted by Gasteiger charge is -2.13. The lowest BCUT2D eigenvalue weighted by atomic mass is 9.96. The number of rotatable bonds is 7. The van der Waals surface area contributed by atoms with E-state index in [-0.39, 0.29) is 0 Å². The van der Waals surface area contributed by atoms with Crippen LogP contribution in [-0.4, -0.2) is 19.6 Å². The number of nitrogens with zero attached hydrogens (tertiary/aromatic N) is 4. The summed E-state index contributed by atoms with van der Waals surface area (Å²) in [5, 5.41) is 10.3. The van der Waals surface area contributed by atoms with E-state index in [2.05, 4.69) is 217 Å². The van der Waals surface area contributed by atoms with Crippen molar-refractivity contribution in [3.8, 4) is 78.7 Å². The third-order valence-corrected chi connectivity index (χ3v) is 13.0. The van der Waals surface area contributed by atoms with Crippen molar-refractivity contribution in [1.29, 1.82) is 0 Å². The van der Waals surface area contributed by atoms with Crippen LogP contribution in [0.25, 0.3) is 115 Å². The Bertz CT molecular complexity index is 3610. The van der Waals surface area contributed by atoms with Crippen molar-refractivity contribution < 1.29 is 0 Å². The van der Waals surface area contributed by atoms with E-state index in [0.29, 0.717) is 5.82 Å². The minimum atomic E-state index is 0.678. The van der Waals surface area contributed by atoms with Crippen molar-refractivity contribution in [2.45, 2.75) is 0 Å². The SMILES string of the molecule is c1ccc(-c2cc(-c3cccc(-c4cc5ccccc5c5c(-c6ccccc6)c(-c6ccccc6)nn45)c3)nc(-c3ccc(-c4ccc5sc6ccccc6c5c4)cc3)n2)cc1. The van der Waals surface area contributed by atoms with Gasteiger partial charge in [0.15, 0.2) is 5.82 Å². The van der Waals surface area contributed by atoms with Gasteiger partial charge >= 0.3 is 0 Å². The van der Waals surface area contributed by atoms with E-state index in [0.717, 1.165) is 83.6 Å². The number of thiophene rings is 1. The maximum absolute atomic E-state index is 5.44. The van der Waals surface area contributed by atoms with Gasteiger partial charge in [0, 0.05) is 58.9 Å². The Labute approximate surface area is 362 Å². The molecule has 0 aliphatic rings. The third-order valence-electron chi connectivity index (χ3n) is 11.8. The van der Waals surface area contributed by atoms with Crippen LogP contribution >= 0.6 is 11.3 Å². The van der Waals surface area contributed by atoms with Gasteiger partial charge in [0.2, 0.25) is 0 Å². The summed E-state index contributed by atoms with van der Waals surface area (Å²) in [6.45, 7) is 0. The van der Waals surface area contributed by atoms with Gasteiger partial charge in [-0.1, -0.05) is 182 Å². The van der Waals surface area contributed by atoms with E-state index in [4.69, 9.17) is 15.1 Å². The van der Waals surface area contributed by atoms with Gasteiger partial charge in [-0.05, 0) is 58.5 Å². The summed E-state index contributed by atoms with van der Waals surface area (Å²) in [5.41, 5.74) is 14.5. The average Bonchev–Trinajstić information content (AvgIpc) is 3.94. The maximum Gasteiger partial charge on any atom is 0.160 e.